The number of fused-ring (bicyclic) bond motifs is 3. The van der Waals surface area contributed by atoms with Gasteiger partial charge in [-0.1, -0.05) is 0 Å². The minimum Gasteiger partial charge on any atom is -0.461 e. The molecule has 0 unspecified atom stereocenters. The Morgan fingerprint density at radius 3 is 2.56 bits per heavy atom. The van der Waals surface area contributed by atoms with Crippen molar-refractivity contribution in [3.63, 3.8) is 0 Å². The molecular weight excluding hydrogens is 636 g/mol. The van der Waals surface area contributed by atoms with Crippen LogP contribution in [0.15, 0.2) is 53.7 Å². The van der Waals surface area contributed by atoms with Gasteiger partial charge in [-0.3, -0.25) is 24.2 Å². The van der Waals surface area contributed by atoms with E-state index in [0.29, 0.717) is 58.8 Å². The first-order valence-electron chi connectivity index (χ1n) is 17.5. The number of nitrogens with one attached hydrogen (secondary N) is 1. The van der Waals surface area contributed by atoms with E-state index in [0.717, 1.165) is 70.8 Å². The average Bonchev–Trinajstić information content (AvgIpc) is 3.49. The molecule has 0 bridgehead atoms. The Balaban J connectivity index is 1.07. The molecule has 0 radical (unpaired) electrons. The first-order chi connectivity index (χ1) is 24.3. The summed E-state index contributed by atoms with van der Waals surface area (Å²) >= 11 is 0. The van der Waals surface area contributed by atoms with E-state index in [2.05, 4.69) is 29.7 Å². The van der Waals surface area contributed by atoms with Gasteiger partial charge in [0.1, 0.15) is 29.6 Å². The highest BCUT2D eigenvalue weighted by Gasteiger charge is 2.33. The lowest BCUT2D eigenvalue weighted by Gasteiger charge is -2.43. The predicted octanol–water partition coefficient (Wildman–Crippen LogP) is 3.51. The number of carbonyl (C=O) groups is 2. The van der Waals surface area contributed by atoms with E-state index in [4.69, 9.17) is 9.47 Å². The fourth-order valence-corrected chi connectivity index (χ4v) is 7.65. The third kappa shape index (κ3) is 6.04. The van der Waals surface area contributed by atoms with Crippen molar-refractivity contribution in [2.24, 2.45) is 7.05 Å². The molecule has 13 heteroatoms. The van der Waals surface area contributed by atoms with Gasteiger partial charge in [0.2, 0.25) is 0 Å². The van der Waals surface area contributed by atoms with Crippen molar-refractivity contribution < 1.29 is 19.1 Å². The van der Waals surface area contributed by atoms with Crippen molar-refractivity contribution in [1.29, 1.82) is 0 Å². The van der Waals surface area contributed by atoms with Crippen molar-refractivity contribution in [2.75, 3.05) is 61.1 Å². The van der Waals surface area contributed by atoms with Crippen molar-refractivity contribution >= 4 is 34.9 Å². The van der Waals surface area contributed by atoms with Gasteiger partial charge in [0.15, 0.2) is 0 Å². The Morgan fingerprint density at radius 1 is 1.00 bits per heavy atom. The number of aromatic nitrogens is 4. The molecule has 260 valence electrons. The molecule has 0 aromatic carbocycles. The third-order valence-corrected chi connectivity index (χ3v) is 10.4. The Morgan fingerprint density at radius 2 is 1.82 bits per heavy atom. The Hall–Kier alpha value is -5.01. The molecule has 2 saturated heterocycles. The zero-order chi connectivity index (χ0) is 34.4. The molecule has 8 rings (SSSR count). The normalized spacial score (nSPS) is 18.0. The van der Waals surface area contributed by atoms with Gasteiger partial charge in [0.05, 0.1) is 31.1 Å². The first kappa shape index (κ1) is 32.2. The number of hydrogen-bond donors (Lipinski definition) is 1. The lowest BCUT2D eigenvalue weighted by Crippen LogP contribution is -2.56. The Bertz CT molecular complexity index is 1990. The van der Waals surface area contributed by atoms with Gasteiger partial charge in [-0.05, 0) is 67.1 Å². The topological polar surface area (TPSA) is 127 Å². The Labute approximate surface area is 290 Å². The number of amides is 1. The maximum absolute atomic E-state index is 14.0. The largest absolute Gasteiger partial charge is 0.461 e. The number of hydrogen-bond acceptors (Lipinski definition) is 10. The van der Waals surface area contributed by atoms with Crippen LogP contribution in [0.1, 0.15) is 47.1 Å². The van der Waals surface area contributed by atoms with Crippen LogP contribution in [-0.4, -0.2) is 87.9 Å². The second-order valence-electron chi connectivity index (χ2n) is 13.6. The fraction of sp³-hybridized carbons (Fsp3) is 0.432. The molecule has 4 aromatic rings. The summed E-state index contributed by atoms with van der Waals surface area (Å²) in [5, 5.41) is 3.23. The van der Waals surface area contributed by atoms with Gasteiger partial charge in [0, 0.05) is 82.5 Å². The van der Waals surface area contributed by atoms with Gasteiger partial charge in [0.25, 0.3) is 11.5 Å². The van der Waals surface area contributed by atoms with Gasteiger partial charge in [-0.25, -0.2) is 9.97 Å². The van der Waals surface area contributed by atoms with E-state index < -0.39 is 5.97 Å². The summed E-state index contributed by atoms with van der Waals surface area (Å²) in [5.74, 6) is 0.436. The number of piperazine rings is 1. The molecule has 7 heterocycles. The van der Waals surface area contributed by atoms with Crippen molar-refractivity contribution in [3.8, 4) is 11.1 Å². The molecule has 1 N–H and O–H groups in total. The smallest absolute Gasteiger partial charge is 0.302 e. The van der Waals surface area contributed by atoms with Crippen molar-refractivity contribution in [3.05, 3.63) is 81.8 Å². The Kier molecular flexibility index (Phi) is 8.61. The van der Waals surface area contributed by atoms with E-state index >= 15 is 0 Å². The van der Waals surface area contributed by atoms with E-state index in [9.17, 15) is 14.4 Å². The molecule has 2 fully saturated rings. The van der Waals surface area contributed by atoms with E-state index in [-0.39, 0.29) is 18.1 Å². The number of ether oxygens (including phenoxy) is 2. The zero-order valence-corrected chi connectivity index (χ0v) is 28.6. The standard InChI is InChI=1S/C37H42N8O5/c1-24(46)50-23-30-29(9-10-38-35(30)45-16-15-44-32-6-4-3-5-25(32)18-33(44)37(45)48)26-17-31(36(47)41(2)20-26)40-34-8-7-27(19-39-34)42-11-13-43(14-12-42)28-21-49-22-28/h7-10,17-20,28H,3-6,11-16,21-23H2,1-2H3,(H,39,40). The van der Waals surface area contributed by atoms with Crippen LogP contribution in [0.25, 0.3) is 11.1 Å². The van der Waals surface area contributed by atoms with Crippen LogP contribution >= 0.6 is 0 Å². The maximum atomic E-state index is 14.0. The van der Waals surface area contributed by atoms with Crippen LogP contribution in [0.4, 0.5) is 23.0 Å². The monoisotopic (exact) mass is 678 g/mol. The van der Waals surface area contributed by atoms with Crippen LogP contribution in [0.2, 0.25) is 0 Å². The summed E-state index contributed by atoms with van der Waals surface area (Å²) in [5.41, 5.74) is 6.38. The highest BCUT2D eigenvalue weighted by Crippen LogP contribution is 2.35. The summed E-state index contributed by atoms with van der Waals surface area (Å²) in [6, 6.07) is 10.1. The van der Waals surface area contributed by atoms with E-state index in [1.54, 1.807) is 30.4 Å². The second-order valence-corrected chi connectivity index (χ2v) is 13.6. The molecular formula is C37H42N8O5. The second kappa shape index (κ2) is 13.4. The molecule has 1 amide bonds. The summed E-state index contributed by atoms with van der Waals surface area (Å²) in [6.45, 7) is 7.89. The van der Waals surface area contributed by atoms with Crippen LogP contribution in [0, 0.1) is 0 Å². The van der Waals surface area contributed by atoms with E-state index in [1.807, 2.05) is 30.5 Å². The minimum atomic E-state index is -0.440. The summed E-state index contributed by atoms with van der Waals surface area (Å²) < 4.78 is 14.6. The summed E-state index contributed by atoms with van der Waals surface area (Å²) in [6.07, 6.45) is 9.50. The lowest BCUT2D eigenvalue weighted by molar-refractivity contribution is -0.142. The van der Waals surface area contributed by atoms with Gasteiger partial charge < -0.3 is 28.8 Å². The highest BCUT2D eigenvalue weighted by molar-refractivity contribution is 6.06. The average molecular weight is 679 g/mol. The molecule has 3 aliphatic heterocycles. The maximum Gasteiger partial charge on any atom is 0.302 e. The third-order valence-electron chi connectivity index (χ3n) is 10.4. The molecule has 0 spiro atoms. The van der Waals surface area contributed by atoms with Crippen molar-refractivity contribution in [2.45, 2.75) is 51.8 Å². The number of rotatable bonds is 8. The number of esters is 1. The highest BCUT2D eigenvalue weighted by atomic mass is 16.5. The molecule has 4 aromatic heterocycles. The molecule has 1 aliphatic carbocycles. The van der Waals surface area contributed by atoms with E-state index in [1.165, 1.54) is 22.7 Å². The molecule has 4 aliphatic rings. The number of anilines is 4. The number of aryl methyl sites for hydroxylation is 2. The lowest BCUT2D eigenvalue weighted by atomic mass is 9.98. The van der Waals surface area contributed by atoms with Gasteiger partial charge >= 0.3 is 5.97 Å². The number of pyridine rings is 3. The summed E-state index contributed by atoms with van der Waals surface area (Å²) in [7, 11) is 1.70. The van der Waals surface area contributed by atoms with Crippen LogP contribution < -0.4 is 20.7 Å². The van der Waals surface area contributed by atoms with Gasteiger partial charge in [-0.15, -0.1) is 0 Å². The van der Waals surface area contributed by atoms with Crippen LogP contribution in [-0.2, 0) is 47.3 Å². The molecule has 13 nitrogen and oxygen atoms in total. The number of nitrogens with zero attached hydrogens (tertiary/aromatic N) is 7. The number of carbonyl (C=O) groups excluding carboxylic acids is 2. The zero-order valence-electron chi connectivity index (χ0n) is 28.6. The molecule has 0 saturated carbocycles. The fourth-order valence-electron chi connectivity index (χ4n) is 7.65. The van der Waals surface area contributed by atoms with Crippen LogP contribution in [0.5, 0.6) is 0 Å². The SMILES string of the molecule is CC(=O)OCc1c(-c2cc(Nc3ccc(N4CCN(C5COC5)CC4)cn3)c(=O)n(C)c2)ccnc1N1CCn2c(cc3c2CCCC3)C1=O. The molecule has 50 heavy (non-hydrogen) atoms. The predicted molar refractivity (Wildman–Crippen MR) is 189 cm³/mol. The van der Waals surface area contributed by atoms with Gasteiger partial charge in [-0.2, -0.15) is 0 Å². The summed E-state index contributed by atoms with van der Waals surface area (Å²) in [4.78, 5) is 55.2. The minimum absolute atomic E-state index is 0.0769. The first-order valence-corrected chi connectivity index (χ1v) is 17.5. The van der Waals surface area contributed by atoms with Crippen LogP contribution in [0.3, 0.4) is 0 Å². The quantitative estimate of drug-likeness (QED) is 0.277. The van der Waals surface area contributed by atoms with Crippen molar-refractivity contribution in [1.82, 2.24) is 24.0 Å². The molecule has 0 atom stereocenters.